The minimum absolute atomic E-state index is 0.0320. The van der Waals surface area contributed by atoms with Crippen molar-refractivity contribution in [1.82, 2.24) is 14.7 Å². The van der Waals surface area contributed by atoms with Crippen LogP contribution in [0.4, 0.5) is 5.69 Å². The van der Waals surface area contributed by atoms with Gasteiger partial charge in [0.2, 0.25) is 17.7 Å². The summed E-state index contributed by atoms with van der Waals surface area (Å²) < 4.78 is 5.24. The van der Waals surface area contributed by atoms with Crippen molar-refractivity contribution in [2.45, 2.75) is 12.8 Å². The van der Waals surface area contributed by atoms with Crippen molar-refractivity contribution in [3.8, 4) is 5.75 Å². The summed E-state index contributed by atoms with van der Waals surface area (Å²) in [5.41, 5.74) is 0.758. The molecule has 0 N–H and O–H groups in total. The number of likely N-dealkylation sites (N-methyl/N-ethyl adjacent to an activating group) is 1. The lowest BCUT2D eigenvalue weighted by atomic mass is 10.1. The van der Waals surface area contributed by atoms with Crippen molar-refractivity contribution in [2.75, 3.05) is 65.4 Å². The molecule has 0 radical (unpaired) electrons. The maximum Gasteiger partial charge on any atom is 0.236 e. The van der Waals surface area contributed by atoms with Gasteiger partial charge in [0.25, 0.3) is 0 Å². The van der Waals surface area contributed by atoms with Gasteiger partial charge in [-0.25, -0.2) is 0 Å². The molecular formula is C21H30N4O4. The lowest BCUT2D eigenvalue weighted by Gasteiger charge is -2.25. The van der Waals surface area contributed by atoms with Gasteiger partial charge in [0.05, 0.1) is 19.6 Å². The number of benzene rings is 1. The Labute approximate surface area is 172 Å². The largest absolute Gasteiger partial charge is 0.497 e. The number of amides is 3. The molecule has 0 spiro atoms. The van der Waals surface area contributed by atoms with Crippen LogP contribution in [-0.4, -0.2) is 92.9 Å². The van der Waals surface area contributed by atoms with Gasteiger partial charge in [-0.05, 0) is 18.6 Å². The summed E-state index contributed by atoms with van der Waals surface area (Å²) >= 11 is 0. The van der Waals surface area contributed by atoms with Crippen LogP contribution in [0.3, 0.4) is 0 Å². The molecule has 158 valence electrons. The highest BCUT2D eigenvalue weighted by atomic mass is 16.5. The van der Waals surface area contributed by atoms with Crippen LogP contribution in [0.2, 0.25) is 0 Å². The quantitative estimate of drug-likeness (QED) is 0.724. The molecule has 0 saturated carbocycles. The van der Waals surface area contributed by atoms with E-state index in [1.54, 1.807) is 31.0 Å². The minimum atomic E-state index is -0.330. The molecule has 2 saturated heterocycles. The molecule has 0 bridgehead atoms. The van der Waals surface area contributed by atoms with Crippen molar-refractivity contribution in [1.29, 1.82) is 0 Å². The normalized spacial score (nSPS) is 20.5. The Morgan fingerprint density at radius 3 is 2.69 bits per heavy atom. The molecule has 29 heavy (non-hydrogen) atoms. The van der Waals surface area contributed by atoms with E-state index in [2.05, 4.69) is 4.90 Å². The summed E-state index contributed by atoms with van der Waals surface area (Å²) in [5.74, 6) is 0.419. The van der Waals surface area contributed by atoms with Crippen LogP contribution in [0.1, 0.15) is 12.8 Å². The fraction of sp³-hybridized carbons (Fsp3) is 0.571. The van der Waals surface area contributed by atoms with E-state index >= 15 is 0 Å². The fourth-order valence-electron chi connectivity index (χ4n) is 3.84. The van der Waals surface area contributed by atoms with E-state index in [9.17, 15) is 14.4 Å². The number of hydrogen-bond donors (Lipinski definition) is 0. The van der Waals surface area contributed by atoms with Gasteiger partial charge < -0.3 is 19.4 Å². The second kappa shape index (κ2) is 9.26. The number of carbonyl (C=O) groups is 3. The molecule has 3 rings (SSSR count). The zero-order chi connectivity index (χ0) is 21.0. The molecule has 2 fully saturated rings. The standard InChI is InChI=1S/C21H30N4O4/c1-22(2)20(27)15-23-8-5-9-24(11-10-23)21(28)16-12-19(26)25(14-16)17-6-4-7-18(13-17)29-3/h4,6-7,13,16H,5,8-12,14-15H2,1-3H3. The molecule has 3 amide bonds. The summed E-state index contributed by atoms with van der Waals surface area (Å²) in [6.07, 6.45) is 1.06. The van der Waals surface area contributed by atoms with E-state index in [0.29, 0.717) is 38.5 Å². The second-order valence-electron chi connectivity index (χ2n) is 7.85. The highest BCUT2D eigenvalue weighted by molar-refractivity contribution is 6.00. The van der Waals surface area contributed by atoms with Crippen molar-refractivity contribution in [2.24, 2.45) is 5.92 Å². The first-order valence-electron chi connectivity index (χ1n) is 10.0. The zero-order valence-electron chi connectivity index (χ0n) is 17.5. The van der Waals surface area contributed by atoms with E-state index in [-0.39, 0.29) is 30.1 Å². The number of hydrogen-bond acceptors (Lipinski definition) is 5. The lowest BCUT2D eigenvalue weighted by molar-refractivity contribution is -0.135. The Bertz CT molecular complexity index is 767. The predicted octanol–water partition coefficient (Wildman–Crippen LogP) is 0.671. The van der Waals surface area contributed by atoms with Crippen LogP contribution >= 0.6 is 0 Å². The number of carbonyl (C=O) groups excluding carboxylic acids is 3. The van der Waals surface area contributed by atoms with Gasteiger partial charge in [0.1, 0.15) is 5.75 Å². The van der Waals surface area contributed by atoms with Crippen LogP contribution in [-0.2, 0) is 14.4 Å². The molecule has 2 aliphatic rings. The first-order chi connectivity index (χ1) is 13.9. The van der Waals surface area contributed by atoms with Crippen molar-refractivity contribution in [3.05, 3.63) is 24.3 Å². The third kappa shape index (κ3) is 5.06. The third-order valence-electron chi connectivity index (χ3n) is 5.60. The Morgan fingerprint density at radius 1 is 1.17 bits per heavy atom. The Kier molecular flexibility index (Phi) is 6.74. The first-order valence-corrected chi connectivity index (χ1v) is 10.0. The molecule has 2 heterocycles. The summed E-state index contributed by atoms with van der Waals surface area (Å²) in [4.78, 5) is 44.8. The highest BCUT2D eigenvalue weighted by Crippen LogP contribution is 2.29. The first kappa shape index (κ1) is 21.1. The van der Waals surface area contributed by atoms with Crippen LogP contribution in [0.15, 0.2) is 24.3 Å². The van der Waals surface area contributed by atoms with E-state index in [4.69, 9.17) is 4.74 Å². The molecule has 1 aromatic carbocycles. The Balaban J connectivity index is 1.59. The molecule has 1 aromatic rings. The van der Waals surface area contributed by atoms with Gasteiger partial charge in [0, 0.05) is 65.0 Å². The summed E-state index contributed by atoms with van der Waals surface area (Å²) in [6.45, 7) is 3.48. The van der Waals surface area contributed by atoms with Gasteiger partial charge in [-0.2, -0.15) is 0 Å². The molecule has 0 aliphatic carbocycles. The Hall–Kier alpha value is -2.61. The van der Waals surface area contributed by atoms with Gasteiger partial charge >= 0.3 is 0 Å². The Morgan fingerprint density at radius 2 is 1.97 bits per heavy atom. The van der Waals surface area contributed by atoms with Gasteiger partial charge in [-0.1, -0.05) is 6.07 Å². The van der Waals surface area contributed by atoms with Crippen LogP contribution < -0.4 is 9.64 Å². The maximum atomic E-state index is 13.1. The van der Waals surface area contributed by atoms with Gasteiger partial charge in [0.15, 0.2) is 0 Å². The molecule has 8 heteroatoms. The molecule has 1 atom stereocenters. The SMILES string of the molecule is COc1cccc(N2CC(C(=O)N3CCCN(CC(=O)N(C)C)CC3)CC2=O)c1. The van der Waals surface area contributed by atoms with Crippen molar-refractivity contribution in [3.63, 3.8) is 0 Å². The lowest BCUT2D eigenvalue weighted by Crippen LogP contribution is -2.41. The van der Waals surface area contributed by atoms with E-state index < -0.39 is 0 Å². The van der Waals surface area contributed by atoms with Crippen molar-refractivity contribution < 1.29 is 19.1 Å². The fourth-order valence-corrected chi connectivity index (χ4v) is 3.84. The highest BCUT2D eigenvalue weighted by Gasteiger charge is 2.37. The summed E-state index contributed by atoms with van der Waals surface area (Å²) in [5, 5.41) is 0. The molecule has 0 aromatic heterocycles. The smallest absolute Gasteiger partial charge is 0.236 e. The number of ether oxygens (including phenoxy) is 1. The molecule has 1 unspecified atom stereocenters. The van der Waals surface area contributed by atoms with Gasteiger partial charge in [-0.3, -0.25) is 19.3 Å². The number of anilines is 1. The predicted molar refractivity (Wildman–Crippen MR) is 110 cm³/mol. The van der Waals surface area contributed by atoms with Crippen molar-refractivity contribution >= 4 is 23.4 Å². The monoisotopic (exact) mass is 402 g/mol. The number of methoxy groups -OCH3 is 1. The van der Waals surface area contributed by atoms with Crippen LogP contribution in [0, 0.1) is 5.92 Å². The molecule has 8 nitrogen and oxygen atoms in total. The third-order valence-corrected chi connectivity index (χ3v) is 5.60. The van der Waals surface area contributed by atoms with Gasteiger partial charge in [-0.15, -0.1) is 0 Å². The molecular weight excluding hydrogens is 372 g/mol. The van der Waals surface area contributed by atoms with E-state index in [0.717, 1.165) is 18.7 Å². The average molecular weight is 402 g/mol. The van der Waals surface area contributed by atoms with E-state index in [1.807, 2.05) is 29.2 Å². The average Bonchev–Trinajstić information content (AvgIpc) is 2.95. The maximum absolute atomic E-state index is 13.1. The number of rotatable bonds is 5. The second-order valence-corrected chi connectivity index (χ2v) is 7.85. The minimum Gasteiger partial charge on any atom is -0.497 e. The topological polar surface area (TPSA) is 73.4 Å². The van der Waals surface area contributed by atoms with Crippen LogP contribution in [0.5, 0.6) is 5.75 Å². The van der Waals surface area contributed by atoms with Crippen LogP contribution in [0.25, 0.3) is 0 Å². The molecule has 2 aliphatic heterocycles. The van der Waals surface area contributed by atoms with E-state index in [1.165, 1.54) is 0 Å². The zero-order valence-corrected chi connectivity index (χ0v) is 17.5. The number of nitrogens with zero attached hydrogens (tertiary/aromatic N) is 4. The summed E-state index contributed by atoms with van der Waals surface area (Å²) in [6, 6.07) is 7.35. The summed E-state index contributed by atoms with van der Waals surface area (Å²) in [7, 11) is 5.09.